The van der Waals surface area contributed by atoms with Crippen molar-refractivity contribution < 1.29 is 9.32 Å². The second-order valence-corrected chi connectivity index (χ2v) is 4.66. The van der Waals surface area contributed by atoms with Gasteiger partial charge in [0.15, 0.2) is 5.78 Å². The molecule has 0 radical (unpaired) electrons. The van der Waals surface area contributed by atoms with Gasteiger partial charge in [-0.25, -0.2) is 0 Å². The molecule has 0 aliphatic heterocycles. The molecule has 0 saturated heterocycles. The van der Waals surface area contributed by atoms with Crippen LogP contribution in [0.1, 0.15) is 30.0 Å². The quantitative estimate of drug-likeness (QED) is 0.784. The Hall–Kier alpha value is -1.32. The first-order valence-corrected chi connectivity index (χ1v) is 6.25. The van der Waals surface area contributed by atoms with E-state index >= 15 is 0 Å². The molecule has 94 valence electrons. The third-order valence-corrected chi connectivity index (χ3v) is 3.29. The van der Waals surface area contributed by atoms with Crippen LogP contribution in [0, 0.1) is 0 Å². The van der Waals surface area contributed by atoms with Gasteiger partial charge in [-0.05, 0) is 18.6 Å². The van der Waals surface area contributed by atoms with Crippen LogP contribution in [0.25, 0.3) is 11.3 Å². The predicted molar refractivity (Wildman–Crippen MR) is 71.3 cm³/mol. The summed E-state index contributed by atoms with van der Waals surface area (Å²) >= 11 is 12.3. The first-order valence-electron chi connectivity index (χ1n) is 5.50. The number of aromatic nitrogens is 1. The fourth-order valence-corrected chi connectivity index (χ4v) is 2.41. The second-order valence-electron chi connectivity index (χ2n) is 3.85. The van der Waals surface area contributed by atoms with Gasteiger partial charge >= 0.3 is 0 Å². The lowest BCUT2D eigenvalue weighted by atomic mass is 10.0. The lowest BCUT2D eigenvalue weighted by Crippen LogP contribution is -1.95. The molecule has 0 N–H and O–H groups in total. The van der Waals surface area contributed by atoms with E-state index in [1.54, 1.807) is 18.2 Å². The highest BCUT2D eigenvalue weighted by atomic mass is 35.5. The van der Waals surface area contributed by atoms with E-state index in [1.165, 1.54) is 6.92 Å². The van der Waals surface area contributed by atoms with Gasteiger partial charge in [-0.15, -0.1) is 0 Å². The lowest BCUT2D eigenvalue weighted by Gasteiger charge is -2.05. The maximum atomic E-state index is 11.4. The molecule has 0 fully saturated rings. The summed E-state index contributed by atoms with van der Waals surface area (Å²) in [6.07, 6.45) is 0.620. The maximum absolute atomic E-state index is 11.4. The minimum absolute atomic E-state index is 0.159. The molecular formula is C13H11Cl2NO2. The van der Waals surface area contributed by atoms with E-state index in [-0.39, 0.29) is 11.5 Å². The van der Waals surface area contributed by atoms with Crippen LogP contribution in [0.2, 0.25) is 10.0 Å². The monoisotopic (exact) mass is 283 g/mol. The second kappa shape index (κ2) is 5.12. The standard InChI is InChI=1S/C13H11Cl2NO2/c1-3-8-12(16-18-13(8)7(2)17)11-9(14)5-4-6-10(11)15/h4-6H,3H2,1-2H3. The number of ketones is 1. The molecule has 1 aromatic carbocycles. The molecule has 0 atom stereocenters. The summed E-state index contributed by atoms with van der Waals surface area (Å²) in [7, 11) is 0. The van der Waals surface area contributed by atoms with Crippen LogP contribution < -0.4 is 0 Å². The highest BCUT2D eigenvalue weighted by Crippen LogP contribution is 2.37. The Morgan fingerprint density at radius 3 is 2.44 bits per heavy atom. The van der Waals surface area contributed by atoms with Crippen LogP contribution in [0.4, 0.5) is 0 Å². The average Bonchev–Trinajstić information content (AvgIpc) is 2.72. The lowest BCUT2D eigenvalue weighted by molar-refractivity contribution is 0.0977. The van der Waals surface area contributed by atoms with Crippen molar-refractivity contribution in [1.82, 2.24) is 5.16 Å². The Bertz CT molecular complexity index is 585. The van der Waals surface area contributed by atoms with Gasteiger partial charge in [0.2, 0.25) is 5.76 Å². The predicted octanol–water partition coefficient (Wildman–Crippen LogP) is 4.41. The molecule has 0 aliphatic carbocycles. The highest BCUT2D eigenvalue weighted by Gasteiger charge is 2.22. The van der Waals surface area contributed by atoms with Crippen LogP contribution in [0.15, 0.2) is 22.7 Å². The molecule has 3 nitrogen and oxygen atoms in total. The smallest absolute Gasteiger partial charge is 0.205 e. The van der Waals surface area contributed by atoms with Gasteiger partial charge < -0.3 is 4.52 Å². The number of hydrogen-bond donors (Lipinski definition) is 0. The number of hydrogen-bond acceptors (Lipinski definition) is 3. The summed E-state index contributed by atoms with van der Waals surface area (Å²) in [6.45, 7) is 3.37. The molecule has 2 aromatic rings. The molecule has 0 spiro atoms. The third-order valence-electron chi connectivity index (χ3n) is 2.66. The Morgan fingerprint density at radius 2 is 1.94 bits per heavy atom. The SMILES string of the molecule is CCc1c(-c2c(Cl)cccc2Cl)noc1C(C)=O. The van der Waals surface area contributed by atoms with Crippen LogP contribution in [0.5, 0.6) is 0 Å². The Labute approximate surface area is 115 Å². The summed E-state index contributed by atoms with van der Waals surface area (Å²) in [4.78, 5) is 11.4. The minimum atomic E-state index is -0.159. The Kier molecular flexibility index (Phi) is 3.73. The average molecular weight is 284 g/mol. The van der Waals surface area contributed by atoms with E-state index in [1.807, 2.05) is 6.92 Å². The van der Waals surface area contributed by atoms with Crippen molar-refractivity contribution in [2.75, 3.05) is 0 Å². The molecule has 5 heteroatoms. The van der Waals surface area contributed by atoms with Crippen molar-refractivity contribution in [1.29, 1.82) is 0 Å². The van der Waals surface area contributed by atoms with Crippen molar-refractivity contribution in [3.05, 3.63) is 39.6 Å². The highest BCUT2D eigenvalue weighted by molar-refractivity contribution is 6.39. The number of nitrogens with zero attached hydrogens (tertiary/aromatic N) is 1. The van der Waals surface area contributed by atoms with Gasteiger partial charge in [-0.3, -0.25) is 4.79 Å². The van der Waals surface area contributed by atoms with Crippen molar-refractivity contribution in [3.63, 3.8) is 0 Å². The van der Waals surface area contributed by atoms with Gasteiger partial charge in [0, 0.05) is 18.1 Å². The van der Waals surface area contributed by atoms with E-state index in [0.717, 1.165) is 5.56 Å². The van der Waals surface area contributed by atoms with Crippen LogP contribution in [0.3, 0.4) is 0 Å². The van der Waals surface area contributed by atoms with Crippen molar-refractivity contribution in [3.8, 4) is 11.3 Å². The van der Waals surface area contributed by atoms with Crippen LogP contribution in [-0.4, -0.2) is 10.9 Å². The first kappa shape index (κ1) is 13.1. The van der Waals surface area contributed by atoms with Crippen molar-refractivity contribution in [2.45, 2.75) is 20.3 Å². The zero-order chi connectivity index (χ0) is 13.3. The number of benzene rings is 1. The fourth-order valence-electron chi connectivity index (χ4n) is 1.83. The number of halogens is 2. The molecule has 18 heavy (non-hydrogen) atoms. The molecule has 0 unspecified atom stereocenters. The number of carbonyl (C=O) groups excluding carboxylic acids is 1. The summed E-state index contributed by atoms with van der Waals surface area (Å²) < 4.78 is 5.10. The maximum Gasteiger partial charge on any atom is 0.205 e. The van der Waals surface area contributed by atoms with E-state index in [9.17, 15) is 4.79 Å². The molecule has 0 aliphatic rings. The number of Topliss-reactive ketones (excluding diaryl/α,β-unsaturated/α-hetero) is 1. The molecule has 0 bridgehead atoms. The van der Waals surface area contributed by atoms with Crippen molar-refractivity contribution in [2.24, 2.45) is 0 Å². The molecular weight excluding hydrogens is 273 g/mol. The molecule has 1 heterocycles. The first-order chi connectivity index (χ1) is 8.56. The zero-order valence-electron chi connectivity index (χ0n) is 9.96. The molecule has 0 amide bonds. The van der Waals surface area contributed by atoms with Gasteiger partial charge in [0.05, 0.1) is 10.0 Å². The van der Waals surface area contributed by atoms with Gasteiger partial charge in [0.25, 0.3) is 0 Å². The van der Waals surface area contributed by atoms with E-state index in [0.29, 0.717) is 27.7 Å². The van der Waals surface area contributed by atoms with Gasteiger partial charge in [-0.2, -0.15) is 0 Å². The third kappa shape index (κ3) is 2.16. The van der Waals surface area contributed by atoms with Crippen molar-refractivity contribution >= 4 is 29.0 Å². The van der Waals surface area contributed by atoms with E-state index in [2.05, 4.69) is 5.16 Å². The Balaban J connectivity index is 2.68. The van der Waals surface area contributed by atoms with E-state index < -0.39 is 0 Å². The Morgan fingerprint density at radius 1 is 1.33 bits per heavy atom. The molecule has 0 saturated carbocycles. The van der Waals surface area contributed by atoms with E-state index in [4.69, 9.17) is 27.7 Å². The molecule has 2 rings (SSSR count). The van der Waals surface area contributed by atoms with Gasteiger partial charge in [-0.1, -0.05) is 41.3 Å². The summed E-state index contributed by atoms with van der Waals surface area (Å²) in [6, 6.07) is 5.21. The summed E-state index contributed by atoms with van der Waals surface area (Å²) in [5.41, 5.74) is 1.88. The summed E-state index contributed by atoms with van der Waals surface area (Å²) in [5, 5.41) is 4.91. The molecule has 1 aromatic heterocycles. The number of carbonyl (C=O) groups is 1. The minimum Gasteiger partial charge on any atom is -0.352 e. The normalized spacial score (nSPS) is 10.7. The largest absolute Gasteiger partial charge is 0.352 e. The fraction of sp³-hybridized carbons (Fsp3) is 0.231. The zero-order valence-corrected chi connectivity index (χ0v) is 11.5. The van der Waals surface area contributed by atoms with Gasteiger partial charge in [0.1, 0.15) is 5.69 Å². The van der Waals surface area contributed by atoms with Crippen LogP contribution >= 0.6 is 23.2 Å². The topological polar surface area (TPSA) is 43.1 Å². The summed E-state index contributed by atoms with van der Waals surface area (Å²) in [5.74, 6) is 0.109. The number of rotatable bonds is 3. The van der Waals surface area contributed by atoms with Crippen LogP contribution in [-0.2, 0) is 6.42 Å².